The van der Waals surface area contributed by atoms with Gasteiger partial charge in [-0.1, -0.05) is 11.6 Å². The molecule has 142 valence electrons. The van der Waals surface area contributed by atoms with Crippen LogP contribution in [0, 0.1) is 0 Å². The zero-order valence-electron chi connectivity index (χ0n) is 13.9. The van der Waals surface area contributed by atoms with Gasteiger partial charge < -0.3 is 10.5 Å². The number of ether oxygens (including phenoxy) is 1. The molecule has 2 rings (SSSR count). The minimum absolute atomic E-state index is 0.0204. The fraction of sp³-hybridized carbons (Fsp3) is 0.400. The van der Waals surface area contributed by atoms with E-state index < -0.39 is 34.0 Å². The van der Waals surface area contributed by atoms with Gasteiger partial charge in [-0.3, -0.25) is 10.1 Å². The summed E-state index contributed by atoms with van der Waals surface area (Å²) < 4.78 is 31.5. The largest absolute Gasteiger partial charge is 0.449 e. The third-order valence-electron chi connectivity index (χ3n) is 3.75. The molecule has 3 amide bonds. The van der Waals surface area contributed by atoms with Crippen molar-refractivity contribution in [3.05, 3.63) is 28.8 Å². The number of nitrogens with one attached hydrogen (secondary N) is 1. The molecule has 0 unspecified atom stereocenters. The number of urea groups is 1. The van der Waals surface area contributed by atoms with Gasteiger partial charge in [0.15, 0.2) is 6.10 Å². The topological polar surface area (TPSA) is 136 Å². The van der Waals surface area contributed by atoms with Crippen LogP contribution in [-0.2, 0) is 19.6 Å². The van der Waals surface area contributed by atoms with Crippen molar-refractivity contribution in [1.29, 1.82) is 0 Å². The van der Waals surface area contributed by atoms with E-state index in [1.54, 1.807) is 5.32 Å². The molecule has 1 fully saturated rings. The smallest absolute Gasteiger partial charge is 0.338 e. The second kappa shape index (κ2) is 8.02. The molecule has 0 spiro atoms. The Labute approximate surface area is 155 Å². The number of sulfonamides is 1. The van der Waals surface area contributed by atoms with Gasteiger partial charge in [0.05, 0.1) is 10.6 Å². The Morgan fingerprint density at radius 2 is 1.88 bits per heavy atom. The summed E-state index contributed by atoms with van der Waals surface area (Å²) in [6.45, 7) is 2.02. The standard InChI is InChI=1S/C15H18ClN3O6S/c1-9(13(20)18-15(17)22)25-14(21)10-4-5-11(16)12(8-10)26(23,24)19-6-2-3-7-19/h4-5,8-9H,2-3,6-7H2,1H3,(H3,17,18,20,22)/t9-/m1/s1. The Kier molecular flexibility index (Phi) is 6.21. The number of benzene rings is 1. The highest BCUT2D eigenvalue weighted by Gasteiger charge is 2.30. The Morgan fingerprint density at radius 1 is 1.27 bits per heavy atom. The average Bonchev–Trinajstić information content (AvgIpc) is 3.09. The van der Waals surface area contributed by atoms with Crippen LogP contribution in [0.3, 0.4) is 0 Å². The van der Waals surface area contributed by atoms with Crippen LogP contribution in [0.25, 0.3) is 0 Å². The van der Waals surface area contributed by atoms with Gasteiger partial charge in [0, 0.05) is 13.1 Å². The number of carbonyl (C=O) groups is 3. The first kappa shape index (κ1) is 20.1. The molecule has 1 heterocycles. The van der Waals surface area contributed by atoms with E-state index in [0.29, 0.717) is 13.1 Å². The second-order valence-corrected chi connectivity index (χ2v) is 7.97. The highest BCUT2D eigenvalue weighted by molar-refractivity contribution is 7.89. The number of halogens is 1. The van der Waals surface area contributed by atoms with Gasteiger partial charge >= 0.3 is 12.0 Å². The minimum atomic E-state index is -3.83. The van der Waals surface area contributed by atoms with Crippen LogP contribution >= 0.6 is 11.6 Å². The van der Waals surface area contributed by atoms with Gasteiger partial charge in [-0.05, 0) is 38.0 Å². The van der Waals surface area contributed by atoms with Crippen molar-refractivity contribution in [3.63, 3.8) is 0 Å². The summed E-state index contributed by atoms with van der Waals surface area (Å²) in [5, 5.41) is 1.76. The van der Waals surface area contributed by atoms with Crippen LogP contribution in [0.1, 0.15) is 30.1 Å². The van der Waals surface area contributed by atoms with Crippen LogP contribution in [0.15, 0.2) is 23.1 Å². The Balaban J connectivity index is 2.22. The van der Waals surface area contributed by atoms with Crippen LogP contribution in [-0.4, -0.2) is 49.8 Å². The molecule has 11 heteroatoms. The van der Waals surface area contributed by atoms with E-state index in [-0.39, 0.29) is 15.5 Å². The number of nitrogens with zero attached hydrogens (tertiary/aromatic N) is 1. The van der Waals surface area contributed by atoms with Crippen molar-refractivity contribution in [2.45, 2.75) is 30.8 Å². The summed E-state index contributed by atoms with van der Waals surface area (Å²) in [4.78, 5) is 34.2. The van der Waals surface area contributed by atoms with Crippen molar-refractivity contribution >= 4 is 39.5 Å². The molecule has 0 saturated carbocycles. The lowest BCUT2D eigenvalue weighted by atomic mass is 10.2. The normalized spacial score (nSPS) is 16.1. The molecule has 26 heavy (non-hydrogen) atoms. The fourth-order valence-corrected chi connectivity index (χ4v) is 4.42. The molecule has 3 N–H and O–H groups in total. The number of imide groups is 1. The predicted molar refractivity (Wildman–Crippen MR) is 92.0 cm³/mol. The van der Waals surface area contributed by atoms with E-state index in [0.717, 1.165) is 18.9 Å². The molecular formula is C15H18ClN3O6S. The third kappa shape index (κ3) is 4.51. The van der Waals surface area contributed by atoms with Gasteiger partial charge in [0.25, 0.3) is 5.91 Å². The van der Waals surface area contributed by atoms with Crippen molar-refractivity contribution < 1.29 is 27.5 Å². The molecule has 1 atom stereocenters. The number of amides is 3. The minimum Gasteiger partial charge on any atom is -0.449 e. The number of hydrogen-bond acceptors (Lipinski definition) is 6. The maximum absolute atomic E-state index is 12.7. The van der Waals surface area contributed by atoms with E-state index >= 15 is 0 Å². The van der Waals surface area contributed by atoms with E-state index in [2.05, 4.69) is 0 Å². The number of nitrogens with two attached hydrogens (primary N) is 1. The van der Waals surface area contributed by atoms with Gasteiger partial charge in [0.2, 0.25) is 10.0 Å². The van der Waals surface area contributed by atoms with Crippen molar-refractivity contribution in [1.82, 2.24) is 9.62 Å². The summed E-state index contributed by atoms with van der Waals surface area (Å²) >= 11 is 6.00. The Hall–Kier alpha value is -2.17. The molecule has 1 aromatic rings. The lowest BCUT2D eigenvalue weighted by molar-refractivity contribution is -0.127. The molecule has 1 aromatic carbocycles. The molecule has 1 aliphatic heterocycles. The van der Waals surface area contributed by atoms with Gasteiger partial charge in [-0.15, -0.1) is 0 Å². The molecule has 0 aromatic heterocycles. The summed E-state index contributed by atoms with van der Waals surface area (Å²) in [7, 11) is -3.83. The predicted octanol–water partition coefficient (Wildman–Crippen LogP) is 0.865. The number of carbonyl (C=O) groups excluding carboxylic acids is 3. The van der Waals surface area contributed by atoms with Crippen molar-refractivity contribution in [3.8, 4) is 0 Å². The lowest BCUT2D eigenvalue weighted by Gasteiger charge is -2.17. The summed E-state index contributed by atoms with van der Waals surface area (Å²) in [5.41, 5.74) is 4.73. The number of primary amides is 1. The first-order valence-electron chi connectivity index (χ1n) is 7.74. The van der Waals surface area contributed by atoms with Crippen LogP contribution in [0.4, 0.5) is 4.79 Å². The van der Waals surface area contributed by atoms with E-state index in [4.69, 9.17) is 22.1 Å². The number of hydrogen-bond donors (Lipinski definition) is 2. The molecule has 0 radical (unpaired) electrons. The highest BCUT2D eigenvalue weighted by Crippen LogP contribution is 2.28. The molecule has 0 bridgehead atoms. The molecule has 0 aliphatic carbocycles. The Morgan fingerprint density at radius 3 is 2.46 bits per heavy atom. The van der Waals surface area contributed by atoms with Gasteiger partial charge in [-0.25, -0.2) is 18.0 Å². The molecule has 1 saturated heterocycles. The number of esters is 1. The third-order valence-corrected chi connectivity index (χ3v) is 6.13. The van der Waals surface area contributed by atoms with Crippen LogP contribution in [0.5, 0.6) is 0 Å². The summed E-state index contributed by atoms with van der Waals surface area (Å²) in [5.74, 6) is -1.84. The lowest BCUT2D eigenvalue weighted by Crippen LogP contribution is -2.42. The fourth-order valence-electron chi connectivity index (χ4n) is 2.40. The van der Waals surface area contributed by atoms with E-state index in [9.17, 15) is 22.8 Å². The Bertz CT molecular complexity index is 836. The van der Waals surface area contributed by atoms with E-state index in [1.807, 2.05) is 0 Å². The maximum atomic E-state index is 12.7. The molecule has 1 aliphatic rings. The van der Waals surface area contributed by atoms with Crippen molar-refractivity contribution in [2.75, 3.05) is 13.1 Å². The van der Waals surface area contributed by atoms with Crippen molar-refractivity contribution in [2.24, 2.45) is 5.73 Å². The van der Waals surface area contributed by atoms with Gasteiger partial charge in [0.1, 0.15) is 4.90 Å². The monoisotopic (exact) mass is 403 g/mol. The molecule has 9 nitrogen and oxygen atoms in total. The van der Waals surface area contributed by atoms with E-state index in [1.165, 1.54) is 23.4 Å². The van der Waals surface area contributed by atoms with Crippen LogP contribution < -0.4 is 11.1 Å². The molecular weight excluding hydrogens is 386 g/mol. The zero-order valence-corrected chi connectivity index (χ0v) is 15.5. The number of rotatable bonds is 5. The SMILES string of the molecule is C[C@@H](OC(=O)c1ccc(Cl)c(S(=O)(=O)N2CCCC2)c1)C(=O)NC(N)=O. The van der Waals surface area contributed by atoms with Gasteiger partial charge in [-0.2, -0.15) is 4.31 Å². The summed E-state index contributed by atoms with van der Waals surface area (Å²) in [6.07, 6.45) is 0.209. The first-order chi connectivity index (χ1) is 12.1. The van der Waals surface area contributed by atoms with Crippen LogP contribution in [0.2, 0.25) is 5.02 Å². The maximum Gasteiger partial charge on any atom is 0.338 e. The highest BCUT2D eigenvalue weighted by atomic mass is 35.5. The quantitative estimate of drug-likeness (QED) is 0.700. The summed E-state index contributed by atoms with van der Waals surface area (Å²) in [6, 6.07) is 2.59. The zero-order chi connectivity index (χ0) is 19.5. The average molecular weight is 404 g/mol. The second-order valence-electron chi connectivity index (χ2n) is 5.66. The first-order valence-corrected chi connectivity index (χ1v) is 9.55.